The standard InChI is InChI=1S/C19H28ClN5OS/c1-4-15(27-3)9-7-6-8-11-25(19(26)24-12-10-21-14-24)18-17(20)16(5-2)22-13-23-18/h10,12-15H,4-9,11H2,1-3H3. The molecule has 0 aliphatic heterocycles. The Morgan fingerprint density at radius 2 is 2.11 bits per heavy atom. The fourth-order valence-electron chi connectivity index (χ4n) is 2.94. The molecule has 1 amide bonds. The lowest BCUT2D eigenvalue weighted by Crippen LogP contribution is -2.36. The van der Waals surface area contributed by atoms with Crippen LogP contribution in [0.3, 0.4) is 0 Å². The van der Waals surface area contributed by atoms with Gasteiger partial charge in [-0.1, -0.05) is 38.3 Å². The summed E-state index contributed by atoms with van der Waals surface area (Å²) in [5.41, 5.74) is 0.746. The lowest BCUT2D eigenvalue weighted by molar-refractivity contribution is 0.247. The maximum absolute atomic E-state index is 12.9. The number of unbranched alkanes of at least 4 members (excludes halogenated alkanes) is 2. The van der Waals surface area contributed by atoms with E-state index in [1.54, 1.807) is 17.3 Å². The Hall–Kier alpha value is -1.60. The molecule has 8 heteroatoms. The van der Waals surface area contributed by atoms with Crippen molar-refractivity contribution in [3.8, 4) is 0 Å². The smallest absolute Gasteiger partial charge is 0.276 e. The summed E-state index contributed by atoms with van der Waals surface area (Å²) >= 11 is 8.41. The Balaban J connectivity index is 2.08. The van der Waals surface area contributed by atoms with Gasteiger partial charge in [0.25, 0.3) is 0 Å². The van der Waals surface area contributed by atoms with Crippen molar-refractivity contribution in [2.24, 2.45) is 0 Å². The minimum atomic E-state index is -0.203. The van der Waals surface area contributed by atoms with Crippen molar-refractivity contribution in [1.29, 1.82) is 0 Å². The van der Waals surface area contributed by atoms with E-state index in [4.69, 9.17) is 11.6 Å². The van der Waals surface area contributed by atoms with Gasteiger partial charge in [0, 0.05) is 24.2 Å². The summed E-state index contributed by atoms with van der Waals surface area (Å²) in [6.45, 7) is 4.78. The molecule has 1 unspecified atom stereocenters. The Labute approximate surface area is 170 Å². The molecule has 6 nitrogen and oxygen atoms in total. The number of hydrogen-bond donors (Lipinski definition) is 0. The molecule has 0 radical (unpaired) electrons. The van der Waals surface area contributed by atoms with Gasteiger partial charge >= 0.3 is 6.03 Å². The topological polar surface area (TPSA) is 63.9 Å². The number of aromatic nitrogens is 4. The van der Waals surface area contributed by atoms with Crippen molar-refractivity contribution in [1.82, 2.24) is 19.5 Å². The Morgan fingerprint density at radius 1 is 1.30 bits per heavy atom. The normalized spacial score (nSPS) is 12.1. The Morgan fingerprint density at radius 3 is 2.74 bits per heavy atom. The van der Waals surface area contributed by atoms with Gasteiger partial charge in [-0.05, 0) is 31.9 Å². The summed E-state index contributed by atoms with van der Waals surface area (Å²) in [5, 5.41) is 1.17. The van der Waals surface area contributed by atoms with Crippen molar-refractivity contribution in [3.63, 3.8) is 0 Å². The molecule has 2 heterocycles. The van der Waals surface area contributed by atoms with Gasteiger partial charge in [-0.3, -0.25) is 9.47 Å². The maximum atomic E-state index is 12.9. The number of rotatable bonds is 10. The van der Waals surface area contributed by atoms with Crippen molar-refractivity contribution >= 4 is 35.2 Å². The van der Waals surface area contributed by atoms with Gasteiger partial charge in [0.2, 0.25) is 0 Å². The number of halogens is 1. The van der Waals surface area contributed by atoms with Crippen LogP contribution in [0.1, 0.15) is 51.6 Å². The largest absolute Gasteiger partial charge is 0.335 e. The minimum absolute atomic E-state index is 0.203. The van der Waals surface area contributed by atoms with Crippen molar-refractivity contribution in [2.45, 2.75) is 57.6 Å². The molecule has 0 spiro atoms. The first-order valence-electron chi connectivity index (χ1n) is 9.44. The van der Waals surface area contributed by atoms with Crippen molar-refractivity contribution in [3.05, 3.63) is 35.8 Å². The zero-order valence-corrected chi connectivity index (χ0v) is 17.8. The molecule has 2 rings (SSSR count). The number of imidazole rings is 1. The number of aryl methyl sites for hydroxylation is 1. The van der Waals surface area contributed by atoms with Gasteiger partial charge in [0.1, 0.15) is 17.7 Å². The summed E-state index contributed by atoms with van der Waals surface area (Å²) < 4.78 is 1.45. The molecule has 0 saturated heterocycles. The zero-order chi connectivity index (χ0) is 19.6. The highest BCUT2D eigenvalue weighted by Gasteiger charge is 2.22. The lowest BCUT2D eigenvalue weighted by Gasteiger charge is -2.23. The van der Waals surface area contributed by atoms with Gasteiger partial charge < -0.3 is 0 Å². The molecular weight excluding hydrogens is 382 g/mol. The summed E-state index contributed by atoms with van der Waals surface area (Å²) in [5.74, 6) is 0.470. The predicted octanol–water partition coefficient (Wildman–Crippen LogP) is 5.07. The molecule has 2 aromatic rings. The number of carbonyl (C=O) groups is 1. The molecule has 148 valence electrons. The van der Waals surface area contributed by atoms with Crippen molar-refractivity contribution in [2.75, 3.05) is 17.7 Å². The van der Waals surface area contributed by atoms with E-state index in [-0.39, 0.29) is 6.03 Å². The molecule has 0 fully saturated rings. The highest BCUT2D eigenvalue weighted by atomic mass is 35.5. The summed E-state index contributed by atoms with van der Waals surface area (Å²) in [6.07, 6.45) is 14.6. The van der Waals surface area contributed by atoms with E-state index < -0.39 is 0 Å². The molecular formula is C19H28ClN5OS. The fourth-order valence-corrected chi connectivity index (χ4v) is 4.01. The van der Waals surface area contributed by atoms with Crippen LogP contribution in [0.15, 0.2) is 25.0 Å². The van der Waals surface area contributed by atoms with E-state index in [1.807, 2.05) is 18.7 Å². The molecule has 2 aromatic heterocycles. The molecule has 0 aliphatic rings. The average Bonchev–Trinajstić information content (AvgIpc) is 3.23. The molecule has 1 atom stereocenters. The first-order valence-corrected chi connectivity index (χ1v) is 11.1. The Kier molecular flexibility index (Phi) is 9.07. The first kappa shape index (κ1) is 21.7. The van der Waals surface area contributed by atoms with E-state index in [1.165, 1.54) is 30.1 Å². The lowest BCUT2D eigenvalue weighted by atomic mass is 10.1. The predicted molar refractivity (Wildman–Crippen MR) is 113 cm³/mol. The van der Waals surface area contributed by atoms with E-state index >= 15 is 0 Å². The third-order valence-electron chi connectivity index (χ3n) is 4.59. The van der Waals surface area contributed by atoms with E-state index in [0.717, 1.165) is 30.2 Å². The van der Waals surface area contributed by atoms with Crippen LogP contribution < -0.4 is 4.90 Å². The third kappa shape index (κ3) is 5.94. The van der Waals surface area contributed by atoms with Gasteiger partial charge in [0.05, 0.1) is 5.69 Å². The van der Waals surface area contributed by atoms with E-state index in [0.29, 0.717) is 23.8 Å². The zero-order valence-electron chi connectivity index (χ0n) is 16.3. The number of anilines is 1. The van der Waals surface area contributed by atoms with Crippen LogP contribution in [0.4, 0.5) is 10.6 Å². The average molecular weight is 410 g/mol. The quantitative estimate of drug-likeness (QED) is 0.513. The number of carbonyl (C=O) groups excluding carboxylic acids is 1. The van der Waals surface area contributed by atoms with Crippen LogP contribution in [0.5, 0.6) is 0 Å². The van der Waals surface area contributed by atoms with E-state index in [2.05, 4.69) is 28.1 Å². The molecule has 0 N–H and O–H groups in total. The molecule has 0 saturated carbocycles. The maximum Gasteiger partial charge on any atom is 0.335 e. The summed E-state index contributed by atoms with van der Waals surface area (Å²) in [7, 11) is 0. The highest BCUT2D eigenvalue weighted by Crippen LogP contribution is 2.27. The highest BCUT2D eigenvalue weighted by molar-refractivity contribution is 7.99. The second-order valence-corrected chi connectivity index (χ2v) is 7.85. The molecule has 0 aliphatic carbocycles. The van der Waals surface area contributed by atoms with Crippen LogP contribution in [-0.2, 0) is 6.42 Å². The molecule has 27 heavy (non-hydrogen) atoms. The monoisotopic (exact) mass is 409 g/mol. The van der Waals surface area contributed by atoms with Crippen LogP contribution in [-0.4, -0.2) is 43.6 Å². The fraction of sp³-hybridized carbons (Fsp3) is 0.579. The van der Waals surface area contributed by atoms with Gasteiger partial charge in [-0.15, -0.1) is 0 Å². The second-order valence-electron chi connectivity index (χ2n) is 6.33. The summed E-state index contributed by atoms with van der Waals surface area (Å²) in [4.78, 5) is 27.1. The number of thioether (sulfide) groups is 1. The minimum Gasteiger partial charge on any atom is -0.276 e. The van der Waals surface area contributed by atoms with Gasteiger partial charge in [-0.25, -0.2) is 19.7 Å². The van der Waals surface area contributed by atoms with Crippen LogP contribution >= 0.6 is 23.4 Å². The van der Waals surface area contributed by atoms with Crippen LogP contribution in [0, 0.1) is 0 Å². The van der Waals surface area contributed by atoms with E-state index in [9.17, 15) is 4.79 Å². The second kappa shape index (κ2) is 11.3. The molecule has 0 aromatic carbocycles. The number of hydrogen-bond acceptors (Lipinski definition) is 5. The van der Waals surface area contributed by atoms with Gasteiger partial charge in [-0.2, -0.15) is 11.8 Å². The first-order chi connectivity index (χ1) is 13.1. The number of amides is 1. The van der Waals surface area contributed by atoms with Crippen molar-refractivity contribution < 1.29 is 4.79 Å². The SMILES string of the molecule is CCc1ncnc(N(CCCCCC(CC)SC)C(=O)n2ccnc2)c1Cl. The molecule has 0 bridgehead atoms. The number of nitrogens with zero attached hydrogens (tertiary/aromatic N) is 5. The van der Waals surface area contributed by atoms with Crippen LogP contribution in [0.25, 0.3) is 0 Å². The van der Waals surface area contributed by atoms with Gasteiger partial charge in [0.15, 0.2) is 5.82 Å². The third-order valence-corrected chi connectivity index (χ3v) is 6.21. The Bertz CT molecular complexity index is 706. The van der Waals surface area contributed by atoms with Crippen LogP contribution in [0.2, 0.25) is 5.02 Å². The summed E-state index contributed by atoms with van der Waals surface area (Å²) in [6, 6.07) is -0.203.